The first-order valence-corrected chi connectivity index (χ1v) is 10.1. The van der Waals surface area contributed by atoms with E-state index in [4.69, 9.17) is 0 Å². The molecule has 10 heteroatoms. The Morgan fingerprint density at radius 2 is 1.50 bits per heavy atom. The third-order valence-electron chi connectivity index (χ3n) is 5.70. The van der Waals surface area contributed by atoms with Gasteiger partial charge in [0, 0.05) is 26.2 Å². The van der Waals surface area contributed by atoms with Crippen LogP contribution in [0.25, 0.3) is 0 Å². The molecule has 0 bridgehead atoms. The van der Waals surface area contributed by atoms with E-state index in [1.807, 2.05) is 4.90 Å². The van der Waals surface area contributed by atoms with Crippen molar-refractivity contribution in [3.8, 4) is 0 Å². The molecule has 2 saturated heterocycles. The van der Waals surface area contributed by atoms with Gasteiger partial charge in [-0.3, -0.25) is 9.69 Å². The molecule has 2 aliphatic heterocycles. The number of hydrogen-bond acceptors (Lipinski definition) is 3. The van der Waals surface area contributed by atoms with Crippen molar-refractivity contribution in [1.82, 2.24) is 15.1 Å². The molecule has 1 N–H and O–H groups in total. The third-order valence-corrected chi connectivity index (χ3v) is 5.70. The summed E-state index contributed by atoms with van der Waals surface area (Å²) in [5.74, 6) is -0.370. The summed E-state index contributed by atoms with van der Waals surface area (Å²) >= 11 is 0. The summed E-state index contributed by atoms with van der Waals surface area (Å²) < 4.78 is 77.7. The molecule has 2 fully saturated rings. The minimum atomic E-state index is -4.90. The molecule has 2 aliphatic rings. The maximum atomic E-state index is 13.0. The van der Waals surface area contributed by atoms with Gasteiger partial charge in [-0.15, -0.1) is 0 Å². The quantitative estimate of drug-likeness (QED) is 0.686. The van der Waals surface area contributed by atoms with Gasteiger partial charge in [0.05, 0.1) is 17.2 Å². The standard InChI is InChI=1S/C20H25F6N3O/c21-19(22,23)15-10-14(11-16(12-15)20(24,25)26)13-27-18(30)17-4-7-29(17)9-8-28-5-2-1-3-6-28/h10-12,17H,1-9,13H2,(H,27,30). The first-order valence-electron chi connectivity index (χ1n) is 10.1. The Kier molecular flexibility index (Phi) is 6.96. The van der Waals surface area contributed by atoms with Gasteiger partial charge >= 0.3 is 12.4 Å². The van der Waals surface area contributed by atoms with Gasteiger partial charge in [-0.1, -0.05) is 6.42 Å². The lowest BCUT2D eigenvalue weighted by Crippen LogP contribution is -2.57. The van der Waals surface area contributed by atoms with Crippen molar-refractivity contribution in [2.75, 3.05) is 32.7 Å². The van der Waals surface area contributed by atoms with Crippen LogP contribution < -0.4 is 5.32 Å². The first kappa shape index (κ1) is 22.9. The summed E-state index contributed by atoms with van der Waals surface area (Å²) in [6.07, 6.45) is -5.61. The van der Waals surface area contributed by atoms with E-state index in [9.17, 15) is 31.1 Å². The number of rotatable bonds is 6. The van der Waals surface area contributed by atoms with Crippen LogP contribution in [0.2, 0.25) is 0 Å². The molecule has 2 heterocycles. The molecule has 30 heavy (non-hydrogen) atoms. The summed E-state index contributed by atoms with van der Waals surface area (Å²) in [5, 5.41) is 2.50. The Balaban J connectivity index is 1.57. The number of halogens is 6. The average molecular weight is 437 g/mol. The van der Waals surface area contributed by atoms with Gasteiger partial charge in [0.25, 0.3) is 0 Å². The van der Waals surface area contributed by atoms with Crippen LogP contribution in [0.15, 0.2) is 18.2 Å². The minimum absolute atomic E-state index is 0.0829. The van der Waals surface area contributed by atoms with Gasteiger partial charge in [-0.25, -0.2) is 0 Å². The summed E-state index contributed by atoms with van der Waals surface area (Å²) in [7, 11) is 0. The normalized spacial score (nSPS) is 21.3. The van der Waals surface area contributed by atoms with Crippen molar-refractivity contribution in [2.24, 2.45) is 0 Å². The summed E-state index contributed by atoms with van der Waals surface area (Å²) in [6.45, 7) is 4.03. The van der Waals surface area contributed by atoms with E-state index in [1.54, 1.807) is 0 Å². The van der Waals surface area contributed by atoms with Crippen LogP contribution in [0.3, 0.4) is 0 Å². The van der Waals surface area contributed by atoms with E-state index >= 15 is 0 Å². The lowest BCUT2D eigenvalue weighted by atomic mass is 10.0. The fourth-order valence-corrected chi connectivity index (χ4v) is 3.89. The monoisotopic (exact) mass is 437 g/mol. The number of nitrogens with zero attached hydrogens (tertiary/aromatic N) is 2. The predicted molar refractivity (Wildman–Crippen MR) is 98.6 cm³/mol. The van der Waals surface area contributed by atoms with Crippen LogP contribution in [-0.2, 0) is 23.7 Å². The summed E-state index contributed by atoms with van der Waals surface area (Å²) in [4.78, 5) is 16.8. The maximum absolute atomic E-state index is 13.0. The number of piperidine rings is 1. The molecular formula is C20H25F6N3O. The lowest BCUT2D eigenvalue weighted by molar-refractivity contribution is -0.143. The highest BCUT2D eigenvalue weighted by molar-refractivity contribution is 5.82. The van der Waals surface area contributed by atoms with Crippen LogP contribution in [-0.4, -0.2) is 54.5 Å². The number of nitrogens with one attached hydrogen (secondary N) is 1. The molecule has 168 valence electrons. The Hall–Kier alpha value is -1.81. The fraction of sp³-hybridized carbons (Fsp3) is 0.650. The number of likely N-dealkylation sites (tertiary alicyclic amines) is 2. The molecule has 1 aromatic rings. The van der Waals surface area contributed by atoms with E-state index < -0.39 is 23.5 Å². The average Bonchev–Trinajstić information content (AvgIpc) is 2.65. The molecule has 1 atom stereocenters. The molecule has 1 aromatic carbocycles. The highest BCUT2D eigenvalue weighted by atomic mass is 19.4. The van der Waals surface area contributed by atoms with E-state index in [0.29, 0.717) is 18.6 Å². The van der Waals surface area contributed by atoms with Gasteiger partial charge in [-0.05, 0) is 56.1 Å². The molecular weight excluding hydrogens is 412 g/mol. The number of hydrogen-bond donors (Lipinski definition) is 1. The van der Waals surface area contributed by atoms with Crippen LogP contribution in [0.1, 0.15) is 42.4 Å². The Bertz CT molecular complexity index is 711. The second-order valence-corrected chi connectivity index (χ2v) is 7.87. The number of carbonyl (C=O) groups excluding carboxylic acids is 1. The van der Waals surface area contributed by atoms with E-state index in [1.165, 1.54) is 19.3 Å². The van der Waals surface area contributed by atoms with E-state index in [0.717, 1.165) is 32.7 Å². The number of carbonyl (C=O) groups is 1. The maximum Gasteiger partial charge on any atom is 0.416 e. The zero-order valence-corrected chi connectivity index (χ0v) is 16.5. The lowest BCUT2D eigenvalue weighted by Gasteiger charge is -2.41. The number of alkyl halides is 6. The van der Waals surface area contributed by atoms with Crippen molar-refractivity contribution in [3.05, 3.63) is 34.9 Å². The molecule has 0 radical (unpaired) electrons. The van der Waals surface area contributed by atoms with Crippen molar-refractivity contribution >= 4 is 5.91 Å². The van der Waals surface area contributed by atoms with Crippen molar-refractivity contribution in [1.29, 1.82) is 0 Å². The van der Waals surface area contributed by atoms with E-state index in [2.05, 4.69) is 10.2 Å². The van der Waals surface area contributed by atoms with Gasteiger partial charge in [-0.2, -0.15) is 26.3 Å². The zero-order chi connectivity index (χ0) is 21.9. The van der Waals surface area contributed by atoms with Crippen LogP contribution in [0.4, 0.5) is 26.3 Å². The highest BCUT2D eigenvalue weighted by Gasteiger charge is 2.37. The van der Waals surface area contributed by atoms with Crippen molar-refractivity contribution < 1.29 is 31.1 Å². The second kappa shape index (κ2) is 9.13. The van der Waals surface area contributed by atoms with Crippen LogP contribution >= 0.6 is 0 Å². The first-order chi connectivity index (χ1) is 14.0. The molecule has 3 rings (SSSR count). The molecule has 4 nitrogen and oxygen atoms in total. The van der Waals surface area contributed by atoms with E-state index in [-0.39, 0.29) is 30.1 Å². The molecule has 0 saturated carbocycles. The minimum Gasteiger partial charge on any atom is -0.351 e. The molecule has 0 spiro atoms. The summed E-state index contributed by atoms with van der Waals surface area (Å²) in [6, 6.07) is 0.983. The molecule has 0 aromatic heterocycles. The number of benzene rings is 1. The largest absolute Gasteiger partial charge is 0.416 e. The Morgan fingerprint density at radius 1 is 0.900 bits per heavy atom. The third kappa shape index (κ3) is 5.87. The van der Waals surface area contributed by atoms with Crippen LogP contribution in [0, 0.1) is 0 Å². The van der Waals surface area contributed by atoms with Gasteiger partial charge in [0.15, 0.2) is 0 Å². The SMILES string of the molecule is O=C(NCc1cc(C(F)(F)F)cc(C(F)(F)F)c1)C1CCN1CCN1CCCCC1. The number of amides is 1. The Labute approximate surface area is 171 Å². The summed E-state index contributed by atoms with van der Waals surface area (Å²) in [5.41, 5.74) is -2.99. The fourth-order valence-electron chi connectivity index (χ4n) is 3.89. The van der Waals surface area contributed by atoms with Crippen LogP contribution in [0.5, 0.6) is 0 Å². The molecule has 1 amide bonds. The van der Waals surface area contributed by atoms with Gasteiger partial charge in [0.2, 0.25) is 5.91 Å². The van der Waals surface area contributed by atoms with Crippen molar-refractivity contribution in [3.63, 3.8) is 0 Å². The molecule has 0 aliphatic carbocycles. The van der Waals surface area contributed by atoms with Gasteiger partial charge < -0.3 is 10.2 Å². The topological polar surface area (TPSA) is 35.6 Å². The predicted octanol–water partition coefficient (Wildman–Crippen LogP) is 3.90. The zero-order valence-electron chi connectivity index (χ0n) is 16.5. The Morgan fingerprint density at radius 3 is 2.00 bits per heavy atom. The second-order valence-electron chi connectivity index (χ2n) is 7.87. The van der Waals surface area contributed by atoms with Gasteiger partial charge in [0.1, 0.15) is 0 Å². The highest BCUT2D eigenvalue weighted by Crippen LogP contribution is 2.36. The van der Waals surface area contributed by atoms with Crippen molar-refractivity contribution in [2.45, 2.75) is 50.6 Å². The smallest absolute Gasteiger partial charge is 0.351 e. The molecule has 1 unspecified atom stereocenters.